The van der Waals surface area contributed by atoms with E-state index >= 15 is 0 Å². The summed E-state index contributed by atoms with van der Waals surface area (Å²) in [4.78, 5) is 27.9. The van der Waals surface area contributed by atoms with Gasteiger partial charge in [-0.05, 0) is 49.9 Å². The molecule has 156 valence electrons. The molecule has 6 heteroatoms. The second kappa shape index (κ2) is 8.30. The highest BCUT2D eigenvalue weighted by atomic mass is 16.5. The number of benzene rings is 2. The largest absolute Gasteiger partial charge is 0.496 e. The molecule has 2 aliphatic rings. The third kappa shape index (κ3) is 4.08. The van der Waals surface area contributed by atoms with Crippen LogP contribution in [0.3, 0.4) is 0 Å². The number of methoxy groups -OCH3 is 1. The summed E-state index contributed by atoms with van der Waals surface area (Å²) in [5.74, 6) is 0.600. The van der Waals surface area contributed by atoms with E-state index in [2.05, 4.69) is 5.10 Å². The van der Waals surface area contributed by atoms with Crippen LogP contribution in [0.4, 0.5) is 5.69 Å². The molecule has 0 unspecified atom stereocenters. The molecule has 30 heavy (non-hydrogen) atoms. The number of para-hydroxylation sites is 1. The minimum atomic E-state index is -0.0915. The summed E-state index contributed by atoms with van der Waals surface area (Å²) in [6, 6.07) is 13.9. The number of aryl methyl sites for hydroxylation is 2. The second-order valence-electron chi connectivity index (χ2n) is 8.02. The molecular formula is C24H27N3O3. The zero-order valence-electron chi connectivity index (χ0n) is 17.7. The lowest BCUT2D eigenvalue weighted by atomic mass is 10.1. The van der Waals surface area contributed by atoms with E-state index in [0.29, 0.717) is 18.7 Å². The average molecular weight is 405 g/mol. The van der Waals surface area contributed by atoms with Gasteiger partial charge in [0.2, 0.25) is 5.91 Å². The van der Waals surface area contributed by atoms with Crippen molar-refractivity contribution in [2.24, 2.45) is 5.10 Å². The third-order valence-corrected chi connectivity index (χ3v) is 5.65. The van der Waals surface area contributed by atoms with Crippen LogP contribution in [0.1, 0.15) is 42.4 Å². The highest BCUT2D eigenvalue weighted by Crippen LogP contribution is 2.32. The van der Waals surface area contributed by atoms with Gasteiger partial charge < -0.3 is 9.64 Å². The van der Waals surface area contributed by atoms with Crippen LogP contribution in [0.5, 0.6) is 5.75 Å². The zero-order chi connectivity index (χ0) is 21.3. The number of anilines is 1. The Morgan fingerprint density at radius 3 is 2.67 bits per heavy atom. The first-order valence-corrected chi connectivity index (χ1v) is 10.4. The first-order chi connectivity index (χ1) is 14.5. The van der Waals surface area contributed by atoms with Crippen LogP contribution in [0.15, 0.2) is 47.6 Å². The van der Waals surface area contributed by atoms with Gasteiger partial charge in [-0.1, -0.05) is 30.3 Å². The molecule has 1 aliphatic heterocycles. The van der Waals surface area contributed by atoms with E-state index in [0.717, 1.165) is 41.0 Å². The van der Waals surface area contributed by atoms with Crippen molar-refractivity contribution in [3.63, 3.8) is 0 Å². The molecule has 2 aromatic carbocycles. The molecule has 1 aliphatic carbocycles. The maximum absolute atomic E-state index is 13.4. The SMILES string of the molecule is COc1ccccc1CN(C(=O)C1=NN(c2cc(C)ccc2C)C(=O)CC1)C1CC1. The molecule has 0 spiro atoms. The Labute approximate surface area is 177 Å². The monoisotopic (exact) mass is 405 g/mol. The van der Waals surface area contributed by atoms with E-state index in [1.807, 2.05) is 61.2 Å². The zero-order valence-corrected chi connectivity index (χ0v) is 17.7. The fraction of sp³-hybridized carbons (Fsp3) is 0.375. The molecule has 0 N–H and O–H groups in total. The number of nitrogens with zero attached hydrogens (tertiary/aromatic N) is 3. The van der Waals surface area contributed by atoms with Crippen molar-refractivity contribution in [1.29, 1.82) is 0 Å². The van der Waals surface area contributed by atoms with E-state index in [4.69, 9.17) is 4.74 Å². The molecule has 0 saturated heterocycles. The van der Waals surface area contributed by atoms with Crippen molar-refractivity contribution in [1.82, 2.24) is 4.90 Å². The van der Waals surface area contributed by atoms with Crippen molar-refractivity contribution >= 4 is 23.2 Å². The number of carbonyl (C=O) groups is 2. The van der Waals surface area contributed by atoms with E-state index in [9.17, 15) is 9.59 Å². The quantitative estimate of drug-likeness (QED) is 0.730. The summed E-state index contributed by atoms with van der Waals surface area (Å²) in [5.41, 5.74) is 4.16. The van der Waals surface area contributed by atoms with Gasteiger partial charge in [0.15, 0.2) is 0 Å². The number of amides is 2. The van der Waals surface area contributed by atoms with Gasteiger partial charge in [-0.25, -0.2) is 5.01 Å². The Balaban J connectivity index is 1.63. The summed E-state index contributed by atoms with van der Waals surface area (Å²) in [7, 11) is 1.64. The molecule has 1 heterocycles. The van der Waals surface area contributed by atoms with Gasteiger partial charge in [0.05, 0.1) is 12.8 Å². The highest BCUT2D eigenvalue weighted by molar-refractivity contribution is 6.40. The van der Waals surface area contributed by atoms with Crippen molar-refractivity contribution in [3.8, 4) is 5.75 Å². The number of hydrogen-bond donors (Lipinski definition) is 0. The number of hydrogen-bond acceptors (Lipinski definition) is 4. The molecule has 0 bridgehead atoms. The van der Waals surface area contributed by atoms with Gasteiger partial charge in [-0.3, -0.25) is 9.59 Å². The summed E-state index contributed by atoms with van der Waals surface area (Å²) in [6.45, 7) is 4.41. The van der Waals surface area contributed by atoms with Crippen molar-refractivity contribution in [2.45, 2.75) is 52.1 Å². The van der Waals surface area contributed by atoms with Crippen LogP contribution in [-0.4, -0.2) is 35.6 Å². The Kier molecular flexibility index (Phi) is 5.57. The summed E-state index contributed by atoms with van der Waals surface area (Å²) < 4.78 is 5.46. The summed E-state index contributed by atoms with van der Waals surface area (Å²) >= 11 is 0. The predicted molar refractivity (Wildman–Crippen MR) is 117 cm³/mol. The first kappa shape index (κ1) is 20.1. The molecule has 0 atom stereocenters. The van der Waals surface area contributed by atoms with Crippen LogP contribution in [-0.2, 0) is 16.1 Å². The van der Waals surface area contributed by atoms with E-state index in [-0.39, 0.29) is 24.3 Å². The van der Waals surface area contributed by atoms with Crippen LogP contribution in [0.2, 0.25) is 0 Å². The standard InChI is InChI=1S/C24H27N3O3/c1-16-8-9-17(2)21(14-16)27-23(28)13-12-20(25-27)24(29)26(19-10-11-19)15-18-6-4-5-7-22(18)30-3/h4-9,14,19H,10-13,15H2,1-3H3. The van der Waals surface area contributed by atoms with Crippen molar-refractivity contribution in [2.75, 3.05) is 12.1 Å². The average Bonchev–Trinajstić information content (AvgIpc) is 3.59. The van der Waals surface area contributed by atoms with Gasteiger partial charge >= 0.3 is 0 Å². The normalized spacial score (nSPS) is 16.3. The van der Waals surface area contributed by atoms with Gasteiger partial charge in [0.25, 0.3) is 5.91 Å². The lowest BCUT2D eigenvalue weighted by molar-refractivity contribution is -0.125. The fourth-order valence-electron chi connectivity index (χ4n) is 3.78. The minimum absolute atomic E-state index is 0.0806. The molecule has 1 saturated carbocycles. The fourth-order valence-corrected chi connectivity index (χ4v) is 3.78. The van der Waals surface area contributed by atoms with Crippen LogP contribution in [0, 0.1) is 13.8 Å². The number of ether oxygens (including phenoxy) is 1. The number of rotatable bonds is 6. The summed E-state index contributed by atoms with van der Waals surface area (Å²) in [6.07, 6.45) is 2.64. The van der Waals surface area contributed by atoms with Gasteiger partial charge in [-0.2, -0.15) is 5.10 Å². The molecule has 6 nitrogen and oxygen atoms in total. The highest BCUT2D eigenvalue weighted by Gasteiger charge is 2.37. The second-order valence-corrected chi connectivity index (χ2v) is 8.02. The van der Waals surface area contributed by atoms with E-state index < -0.39 is 0 Å². The van der Waals surface area contributed by atoms with Crippen LogP contribution >= 0.6 is 0 Å². The van der Waals surface area contributed by atoms with Crippen LogP contribution < -0.4 is 9.75 Å². The molecular weight excluding hydrogens is 378 g/mol. The van der Waals surface area contributed by atoms with Crippen LogP contribution in [0.25, 0.3) is 0 Å². The molecule has 2 amide bonds. The smallest absolute Gasteiger partial charge is 0.270 e. The Morgan fingerprint density at radius 2 is 1.93 bits per heavy atom. The molecule has 1 fully saturated rings. The van der Waals surface area contributed by atoms with Gasteiger partial charge in [-0.15, -0.1) is 0 Å². The van der Waals surface area contributed by atoms with Gasteiger partial charge in [0.1, 0.15) is 11.5 Å². The van der Waals surface area contributed by atoms with E-state index in [1.54, 1.807) is 7.11 Å². The van der Waals surface area contributed by atoms with Gasteiger partial charge in [0, 0.05) is 31.0 Å². The molecule has 2 aromatic rings. The van der Waals surface area contributed by atoms with Crippen molar-refractivity contribution < 1.29 is 14.3 Å². The van der Waals surface area contributed by atoms with E-state index in [1.165, 1.54) is 5.01 Å². The number of hydrazone groups is 1. The Bertz CT molecular complexity index is 1010. The summed E-state index contributed by atoms with van der Waals surface area (Å²) in [5, 5.41) is 5.94. The predicted octanol–water partition coefficient (Wildman–Crippen LogP) is 3.99. The Morgan fingerprint density at radius 1 is 1.17 bits per heavy atom. The Hall–Kier alpha value is -3.15. The minimum Gasteiger partial charge on any atom is -0.496 e. The topological polar surface area (TPSA) is 62.2 Å². The lowest BCUT2D eigenvalue weighted by Gasteiger charge is -2.28. The molecule has 0 aromatic heterocycles. The lowest BCUT2D eigenvalue weighted by Crippen LogP contribution is -2.42. The first-order valence-electron chi connectivity index (χ1n) is 10.4. The van der Waals surface area contributed by atoms with Crippen molar-refractivity contribution in [3.05, 3.63) is 59.2 Å². The molecule has 0 radical (unpaired) electrons. The molecule has 4 rings (SSSR count). The maximum atomic E-state index is 13.4. The maximum Gasteiger partial charge on any atom is 0.270 e. The number of carbonyl (C=O) groups excluding carboxylic acids is 2. The third-order valence-electron chi connectivity index (χ3n) is 5.65.